The lowest BCUT2D eigenvalue weighted by molar-refractivity contribution is 0.396. The zero-order chi connectivity index (χ0) is 11.2. The van der Waals surface area contributed by atoms with Crippen LogP contribution in [-0.2, 0) is 6.54 Å². The Kier molecular flexibility index (Phi) is 3.28. The summed E-state index contributed by atoms with van der Waals surface area (Å²) in [6.45, 7) is 0.675. The van der Waals surface area contributed by atoms with E-state index in [2.05, 4.69) is 20.3 Å². The van der Waals surface area contributed by atoms with Crippen LogP contribution in [0.4, 0.5) is 5.82 Å². The largest absolute Gasteiger partial charge is 0.480 e. The van der Waals surface area contributed by atoms with Gasteiger partial charge in [-0.05, 0) is 11.6 Å². The fourth-order valence-electron chi connectivity index (χ4n) is 1.21. The van der Waals surface area contributed by atoms with Gasteiger partial charge >= 0.3 is 0 Å². The molecule has 0 atom stereocenters. The first kappa shape index (κ1) is 10.4. The zero-order valence-corrected chi connectivity index (χ0v) is 8.92. The Hall–Kier alpha value is -2.17. The first-order chi connectivity index (χ1) is 7.88. The Labute approximate surface area is 93.5 Å². The van der Waals surface area contributed by atoms with Gasteiger partial charge in [0.2, 0.25) is 5.88 Å². The second kappa shape index (κ2) is 5.06. The highest BCUT2D eigenvalue weighted by atomic mass is 16.5. The number of nitrogens with zero attached hydrogens (tertiary/aromatic N) is 3. The average Bonchev–Trinajstić information content (AvgIpc) is 2.38. The maximum atomic E-state index is 4.92. The molecule has 0 saturated carbocycles. The molecule has 0 saturated heterocycles. The number of nitrogens with one attached hydrogen (secondary N) is 1. The highest BCUT2D eigenvalue weighted by Crippen LogP contribution is 2.07. The number of hydrogen-bond donors (Lipinski definition) is 1. The van der Waals surface area contributed by atoms with Crippen LogP contribution in [0.25, 0.3) is 0 Å². The predicted octanol–water partition coefficient (Wildman–Crippen LogP) is 1.49. The molecule has 5 nitrogen and oxygen atoms in total. The van der Waals surface area contributed by atoms with Gasteiger partial charge in [0.15, 0.2) is 0 Å². The number of methoxy groups -OCH3 is 1. The fraction of sp³-hybridized carbons (Fsp3) is 0.182. The monoisotopic (exact) mass is 216 g/mol. The molecule has 0 unspecified atom stereocenters. The molecule has 2 aromatic rings. The SMILES string of the molecule is COc1cnc(NCc2cccnc2)cn1. The van der Waals surface area contributed by atoms with Gasteiger partial charge in [0, 0.05) is 18.9 Å². The van der Waals surface area contributed by atoms with E-state index in [4.69, 9.17) is 4.74 Å². The van der Waals surface area contributed by atoms with Gasteiger partial charge in [-0.3, -0.25) is 4.98 Å². The molecule has 1 N–H and O–H groups in total. The van der Waals surface area contributed by atoms with Gasteiger partial charge in [-0.25, -0.2) is 9.97 Å². The van der Waals surface area contributed by atoms with Crippen LogP contribution in [0.15, 0.2) is 36.9 Å². The van der Waals surface area contributed by atoms with Gasteiger partial charge in [-0.2, -0.15) is 0 Å². The zero-order valence-electron chi connectivity index (χ0n) is 8.92. The van der Waals surface area contributed by atoms with Crippen molar-refractivity contribution < 1.29 is 4.74 Å². The van der Waals surface area contributed by atoms with E-state index in [1.165, 1.54) is 0 Å². The number of aromatic nitrogens is 3. The number of anilines is 1. The maximum absolute atomic E-state index is 4.92. The number of rotatable bonds is 4. The van der Waals surface area contributed by atoms with Crippen molar-refractivity contribution in [2.24, 2.45) is 0 Å². The third-order valence-electron chi connectivity index (χ3n) is 2.03. The fourth-order valence-corrected chi connectivity index (χ4v) is 1.21. The van der Waals surface area contributed by atoms with E-state index in [1.807, 2.05) is 18.3 Å². The molecular weight excluding hydrogens is 204 g/mol. The third kappa shape index (κ3) is 2.66. The Morgan fingerprint density at radius 3 is 2.81 bits per heavy atom. The van der Waals surface area contributed by atoms with Crippen molar-refractivity contribution >= 4 is 5.82 Å². The van der Waals surface area contributed by atoms with Crippen LogP contribution in [0.2, 0.25) is 0 Å². The van der Waals surface area contributed by atoms with Crippen molar-refractivity contribution in [3.05, 3.63) is 42.5 Å². The molecule has 0 bridgehead atoms. The van der Waals surface area contributed by atoms with Crippen molar-refractivity contribution in [2.45, 2.75) is 6.54 Å². The number of pyridine rings is 1. The molecule has 0 aliphatic rings. The van der Waals surface area contributed by atoms with Crippen LogP contribution in [0, 0.1) is 0 Å². The minimum atomic E-state index is 0.506. The van der Waals surface area contributed by atoms with Gasteiger partial charge in [0.05, 0.1) is 19.5 Å². The molecule has 0 fully saturated rings. The van der Waals surface area contributed by atoms with E-state index in [9.17, 15) is 0 Å². The Bertz CT molecular complexity index is 429. The van der Waals surface area contributed by atoms with Gasteiger partial charge in [-0.1, -0.05) is 6.07 Å². The van der Waals surface area contributed by atoms with Crippen LogP contribution in [-0.4, -0.2) is 22.1 Å². The van der Waals surface area contributed by atoms with Crippen molar-refractivity contribution in [2.75, 3.05) is 12.4 Å². The van der Waals surface area contributed by atoms with Crippen LogP contribution in [0.1, 0.15) is 5.56 Å². The molecule has 2 aromatic heterocycles. The van der Waals surface area contributed by atoms with Crippen LogP contribution in [0.3, 0.4) is 0 Å². The molecule has 0 aliphatic heterocycles. The lowest BCUT2D eigenvalue weighted by atomic mass is 10.3. The van der Waals surface area contributed by atoms with E-state index in [0.29, 0.717) is 18.2 Å². The molecule has 0 radical (unpaired) electrons. The Morgan fingerprint density at radius 2 is 2.19 bits per heavy atom. The second-order valence-electron chi connectivity index (χ2n) is 3.16. The average molecular weight is 216 g/mol. The molecule has 0 aromatic carbocycles. The summed E-state index contributed by atoms with van der Waals surface area (Å²) in [6, 6.07) is 3.90. The van der Waals surface area contributed by atoms with Crippen molar-refractivity contribution in [1.29, 1.82) is 0 Å². The maximum Gasteiger partial charge on any atom is 0.232 e. The van der Waals surface area contributed by atoms with E-state index in [-0.39, 0.29) is 0 Å². The molecule has 0 spiro atoms. The summed E-state index contributed by atoms with van der Waals surface area (Å²) in [6.07, 6.45) is 6.77. The number of ether oxygens (including phenoxy) is 1. The normalized spacial score (nSPS) is 9.81. The summed E-state index contributed by atoms with van der Waals surface area (Å²) >= 11 is 0. The summed E-state index contributed by atoms with van der Waals surface area (Å²) in [5.74, 6) is 1.22. The molecule has 5 heteroatoms. The molecule has 0 aliphatic carbocycles. The summed E-state index contributed by atoms with van der Waals surface area (Å²) in [7, 11) is 1.56. The minimum Gasteiger partial charge on any atom is -0.480 e. The molecule has 2 rings (SSSR count). The summed E-state index contributed by atoms with van der Waals surface area (Å²) in [5, 5.41) is 3.14. The van der Waals surface area contributed by atoms with Gasteiger partial charge < -0.3 is 10.1 Å². The second-order valence-corrected chi connectivity index (χ2v) is 3.16. The molecule has 0 amide bonds. The lowest BCUT2D eigenvalue weighted by Crippen LogP contribution is -2.02. The quantitative estimate of drug-likeness (QED) is 0.839. The molecular formula is C11H12N4O. The van der Waals surface area contributed by atoms with Gasteiger partial charge in [-0.15, -0.1) is 0 Å². The Morgan fingerprint density at radius 1 is 1.25 bits per heavy atom. The standard InChI is InChI=1S/C11H12N4O/c1-16-11-8-14-10(7-15-11)13-6-9-3-2-4-12-5-9/h2-5,7-8H,6H2,1H3,(H,13,14). The van der Waals surface area contributed by atoms with Crippen molar-refractivity contribution in [1.82, 2.24) is 15.0 Å². The highest BCUT2D eigenvalue weighted by molar-refractivity contribution is 5.33. The van der Waals surface area contributed by atoms with Crippen molar-refractivity contribution in [3.8, 4) is 5.88 Å². The Balaban J connectivity index is 1.94. The van der Waals surface area contributed by atoms with E-state index in [1.54, 1.807) is 25.7 Å². The van der Waals surface area contributed by atoms with Gasteiger partial charge in [0.1, 0.15) is 5.82 Å². The van der Waals surface area contributed by atoms with Crippen LogP contribution in [0.5, 0.6) is 5.88 Å². The first-order valence-corrected chi connectivity index (χ1v) is 4.87. The predicted molar refractivity (Wildman–Crippen MR) is 60.1 cm³/mol. The van der Waals surface area contributed by atoms with Gasteiger partial charge in [0.25, 0.3) is 0 Å². The third-order valence-corrected chi connectivity index (χ3v) is 2.03. The highest BCUT2D eigenvalue weighted by Gasteiger charge is 1.97. The first-order valence-electron chi connectivity index (χ1n) is 4.87. The van der Waals surface area contributed by atoms with Crippen LogP contribution >= 0.6 is 0 Å². The van der Waals surface area contributed by atoms with E-state index in [0.717, 1.165) is 5.56 Å². The molecule has 2 heterocycles. The van der Waals surface area contributed by atoms with Crippen molar-refractivity contribution in [3.63, 3.8) is 0 Å². The smallest absolute Gasteiger partial charge is 0.232 e. The summed E-state index contributed by atoms with van der Waals surface area (Å²) in [5.41, 5.74) is 1.10. The molecule has 82 valence electrons. The molecule has 16 heavy (non-hydrogen) atoms. The summed E-state index contributed by atoms with van der Waals surface area (Å²) in [4.78, 5) is 12.2. The number of hydrogen-bond acceptors (Lipinski definition) is 5. The topological polar surface area (TPSA) is 59.9 Å². The lowest BCUT2D eigenvalue weighted by Gasteiger charge is -2.05. The summed E-state index contributed by atoms with van der Waals surface area (Å²) < 4.78 is 4.92. The van der Waals surface area contributed by atoms with E-state index < -0.39 is 0 Å². The van der Waals surface area contributed by atoms with Crippen LogP contribution < -0.4 is 10.1 Å². The van der Waals surface area contributed by atoms with E-state index >= 15 is 0 Å². The minimum absolute atomic E-state index is 0.506.